The zero-order chi connectivity index (χ0) is 25.7. The first-order valence-electron chi connectivity index (χ1n) is 11.2. The number of anilines is 1. The third kappa shape index (κ3) is 5.85. The van der Waals surface area contributed by atoms with Crippen LogP contribution in [0.25, 0.3) is 16.9 Å². The van der Waals surface area contributed by atoms with Crippen LogP contribution in [0.4, 0.5) is 5.95 Å². The van der Waals surface area contributed by atoms with Gasteiger partial charge >= 0.3 is 0 Å². The summed E-state index contributed by atoms with van der Waals surface area (Å²) in [5, 5.41) is 3.49. The highest BCUT2D eigenvalue weighted by Crippen LogP contribution is 2.25. The van der Waals surface area contributed by atoms with E-state index in [-0.39, 0.29) is 23.7 Å². The molecule has 0 spiro atoms. The van der Waals surface area contributed by atoms with Gasteiger partial charge in [-0.1, -0.05) is 77.3 Å². The summed E-state index contributed by atoms with van der Waals surface area (Å²) >= 11 is 12.2. The van der Waals surface area contributed by atoms with Crippen LogP contribution in [0, 0.1) is 6.92 Å². The number of amides is 2. The fraction of sp³-hybridized carbons (Fsp3) is 0.107. The van der Waals surface area contributed by atoms with Crippen LogP contribution in [-0.4, -0.2) is 39.4 Å². The summed E-state index contributed by atoms with van der Waals surface area (Å²) in [6, 6.07) is 22.2. The largest absolute Gasteiger partial charge is 0.326 e. The van der Waals surface area contributed by atoms with Gasteiger partial charge in [-0.2, -0.15) is 0 Å². The zero-order valence-corrected chi connectivity index (χ0v) is 21.1. The number of aromatic nitrogens is 2. The summed E-state index contributed by atoms with van der Waals surface area (Å²) in [6.07, 6.45) is 3.42. The molecule has 0 aliphatic rings. The first-order chi connectivity index (χ1) is 17.4. The second-order valence-electron chi connectivity index (χ2n) is 8.17. The maximum absolute atomic E-state index is 13.1. The quantitative estimate of drug-likeness (QED) is 0.273. The number of hydrogen-bond acceptors (Lipinski definition) is 3. The fourth-order valence-corrected chi connectivity index (χ4v) is 4.15. The molecule has 0 radical (unpaired) electrons. The van der Waals surface area contributed by atoms with E-state index in [4.69, 9.17) is 23.2 Å². The Morgan fingerprint density at radius 2 is 1.78 bits per heavy atom. The first-order valence-corrected chi connectivity index (χ1v) is 12.0. The molecule has 0 atom stereocenters. The molecule has 0 saturated carbocycles. The minimum Gasteiger partial charge on any atom is -0.326 e. The van der Waals surface area contributed by atoms with Crippen molar-refractivity contribution in [2.75, 3.05) is 18.4 Å². The van der Waals surface area contributed by atoms with Gasteiger partial charge in [0.25, 0.3) is 5.91 Å². The van der Waals surface area contributed by atoms with E-state index in [0.29, 0.717) is 16.7 Å². The molecule has 3 aromatic carbocycles. The van der Waals surface area contributed by atoms with Crippen LogP contribution < -0.4 is 5.32 Å². The highest BCUT2D eigenvalue weighted by molar-refractivity contribution is 6.36. The summed E-state index contributed by atoms with van der Waals surface area (Å²) in [6.45, 7) is 5.66. The van der Waals surface area contributed by atoms with Crippen molar-refractivity contribution >= 4 is 41.0 Å². The second kappa shape index (κ2) is 11.2. The van der Waals surface area contributed by atoms with Gasteiger partial charge in [0.2, 0.25) is 11.9 Å². The van der Waals surface area contributed by atoms with Crippen molar-refractivity contribution in [1.29, 1.82) is 0 Å². The predicted octanol–water partition coefficient (Wildman–Crippen LogP) is 6.42. The van der Waals surface area contributed by atoms with Crippen molar-refractivity contribution in [2.45, 2.75) is 6.92 Å². The Hall–Kier alpha value is -3.87. The molecule has 8 heteroatoms. The van der Waals surface area contributed by atoms with Crippen LogP contribution in [0.5, 0.6) is 0 Å². The third-order valence-electron chi connectivity index (χ3n) is 5.47. The lowest BCUT2D eigenvalue weighted by Crippen LogP contribution is -2.38. The van der Waals surface area contributed by atoms with E-state index >= 15 is 0 Å². The Kier molecular flexibility index (Phi) is 7.88. The van der Waals surface area contributed by atoms with E-state index in [1.165, 1.54) is 17.0 Å². The molecule has 36 heavy (non-hydrogen) atoms. The predicted molar refractivity (Wildman–Crippen MR) is 145 cm³/mol. The van der Waals surface area contributed by atoms with Gasteiger partial charge in [0, 0.05) is 29.0 Å². The summed E-state index contributed by atoms with van der Waals surface area (Å²) in [5.74, 6) is -0.467. The summed E-state index contributed by atoms with van der Waals surface area (Å²) in [4.78, 5) is 32.3. The first kappa shape index (κ1) is 25.2. The van der Waals surface area contributed by atoms with E-state index in [2.05, 4.69) is 16.9 Å². The van der Waals surface area contributed by atoms with Crippen molar-refractivity contribution < 1.29 is 9.59 Å². The number of hydrogen-bond donors (Lipinski definition) is 1. The molecule has 0 saturated heterocycles. The smallest absolute Gasteiger partial charge is 0.256 e. The third-order valence-corrected chi connectivity index (χ3v) is 6.02. The molecule has 0 aliphatic carbocycles. The van der Waals surface area contributed by atoms with Crippen molar-refractivity contribution in [2.24, 2.45) is 0 Å². The monoisotopic (exact) mass is 518 g/mol. The van der Waals surface area contributed by atoms with Crippen LogP contribution in [0.2, 0.25) is 10.0 Å². The van der Waals surface area contributed by atoms with E-state index in [1.807, 2.05) is 72.3 Å². The molecular formula is C28H24Cl2N4O2. The van der Waals surface area contributed by atoms with Crippen LogP contribution in [0.15, 0.2) is 91.6 Å². The lowest BCUT2D eigenvalue weighted by molar-refractivity contribution is -0.116. The second-order valence-corrected chi connectivity index (χ2v) is 9.01. The minimum absolute atomic E-state index is 0.160. The Balaban J connectivity index is 1.61. The van der Waals surface area contributed by atoms with Gasteiger partial charge in [-0.3, -0.25) is 19.5 Å². The number of aryl methyl sites for hydroxylation is 1. The maximum Gasteiger partial charge on any atom is 0.256 e. The topological polar surface area (TPSA) is 67.2 Å². The fourth-order valence-electron chi connectivity index (χ4n) is 3.66. The highest BCUT2D eigenvalue weighted by atomic mass is 35.5. The summed E-state index contributed by atoms with van der Waals surface area (Å²) in [7, 11) is 0. The van der Waals surface area contributed by atoms with Gasteiger partial charge in [0.1, 0.15) is 6.54 Å². The minimum atomic E-state index is -0.408. The normalized spacial score (nSPS) is 10.6. The summed E-state index contributed by atoms with van der Waals surface area (Å²) in [5.41, 5.74) is 3.84. The molecule has 1 aromatic heterocycles. The van der Waals surface area contributed by atoms with Gasteiger partial charge in [-0.25, -0.2) is 4.98 Å². The van der Waals surface area contributed by atoms with Crippen molar-refractivity contribution in [3.05, 3.63) is 113 Å². The van der Waals surface area contributed by atoms with Gasteiger partial charge in [0.05, 0.1) is 16.3 Å². The Labute approximate surface area is 219 Å². The lowest BCUT2D eigenvalue weighted by atomic mass is 10.2. The van der Waals surface area contributed by atoms with Crippen LogP contribution >= 0.6 is 23.2 Å². The standard InChI is InChI=1S/C28H24Cl2N4O2/c1-3-15-33(27(36)23-14-11-21(29)16-24(23)30)18-26(35)32-28-31-25(20-7-5-4-6-8-20)17-34(28)22-12-9-19(2)10-13-22/h3-14,16-17H,1,15,18H2,2H3,(H,31,32,35). The zero-order valence-electron chi connectivity index (χ0n) is 19.6. The highest BCUT2D eigenvalue weighted by Gasteiger charge is 2.22. The van der Waals surface area contributed by atoms with Gasteiger partial charge in [-0.05, 0) is 37.3 Å². The molecule has 1 heterocycles. The van der Waals surface area contributed by atoms with Gasteiger partial charge in [0.15, 0.2) is 0 Å². The van der Waals surface area contributed by atoms with Crippen molar-refractivity contribution in [3.8, 4) is 16.9 Å². The number of nitrogens with one attached hydrogen (secondary N) is 1. The molecule has 1 N–H and O–H groups in total. The molecular weight excluding hydrogens is 495 g/mol. The molecule has 0 unspecified atom stereocenters. The summed E-state index contributed by atoms with van der Waals surface area (Å²) < 4.78 is 1.81. The molecule has 0 fully saturated rings. The molecule has 182 valence electrons. The number of carbonyl (C=O) groups is 2. The van der Waals surface area contributed by atoms with E-state index < -0.39 is 11.8 Å². The molecule has 0 bridgehead atoms. The van der Waals surface area contributed by atoms with Crippen molar-refractivity contribution in [3.63, 3.8) is 0 Å². The average molecular weight is 519 g/mol. The molecule has 4 rings (SSSR count). The van der Waals surface area contributed by atoms with E-state index in [9.17, 15) is 9.59 Å². The van der Waals surface area contributed by atoms with Crippen LogP contribution in [0.3, 0.4) is 0 Å². The van der Waals surface area contributed by atoms with Crippen molar-refractivity contribution in [1.82, 2.24) is 14.5 Å². The number of imidazole rings is 1. The molecule has 0 aliphatic heterocycles. The van der Waals surface area contributed by atoms with E-state index in [0.717, 1.165) is 16.8 Å². The number of halogens is 2. The average Bonchev–Trinajstić information content (AvgIpc) is 3.28. The number of benzene rings is 3. The van der Waals surface area contributed by atoms with Gasteiger partial charge in [-0.15, -0.1) is 6.58 Å². The number of carbonyl (C=O) groups excluding carboxylic acids is 2. The lowest BCUT2D eigenvalue weighted by Gasteiger charge is -2.21. The number of rotatable bonds is 8. The maximum atomic E-state index is 13.1. The van der Waals surface area contributed by atoms with E-state index in [1.54, 1.807) is 12.1 Å². The Morgan fingerprint density at radius 3 is 2.44 bits per heavy atom. The molecule has 2 amide bonds. The molecule has 4 aromatic rings. The van der Waals surface area contributed by atoms with Crippen LogP contribution in [-0.2, 0) is 4.79 Å². The van der Waals surface area contributed by atoms with Crippen LogP contribution in [0.1, 0.15) is 15.9 Å². The molecule has 6 nitrogen and oxygen atoms in total. The Bertz CT molecular complexity index is 1400. The number of nitrogens with zero attached hydrogens (tertiary/aromatic N) is 3. The SMILES string of the molecule is C=CCN(CC(=O)Nc1nc(-c2ccccc2)cn1-c1ccc(C)cc1)C(=O)c1ccc(Cl)cc1Cl. The Morgan fingerprint density at radius 1 is 1.06 bits per heavy atom. The van der Waals surface area contributed by atoms with Gasteiger partial charge < -0.3 is 4.90 Å².